The van der Waals surface area contributed by atoms with Crippen molar-refractivity contribution in [1.82, 2.24) is 29.8 Å². The lowest BCUT2D eigenvalue weighted by atomic mass is 9.95. The molecule has 1 fully saturated rings. The van der Waals surface area contributed by atoms with Gasteiger partial charge in [-0.2, -0.15) is 4.98 Å². The Bertz CT molecular complexity index is 1080. The number of pyridine rings is 1. The summed E-state index contributed by atoms with van der Waals surface area (Å²) < 4.78 is 12.5. The van der Waals surface area contributed by atoms with Crippen molar-refractivity contribution in [3.63, 3.8) is 0 Å². The first-order valence-corrected chi connectivity index (χ1v) is 10.3. The molecule has 1 aliphatic heterocycles. The molecule has 3 aromatic rings. The van der Waals surface area contributed by atoms with Crippen LogP contribution < -0.4 is 4.74 Å². The van der Waals surface area contributed by atoms with Crippen LogP contribution in [-0.2, 0) is 18.3 Å². The van der Waals surface area contributed by atoms with E-state index in [1.165, 1.54) is 0 Å². The Morgan fingerprint density at radius 2 is 1.93 bits per heavy atom. The summed E-state index contributed by atoms with van der Waals surface area (Å²) in [6.07, 6.45) is 2.82. The zero-order chi connectivity index (χ0) is 21.4. The van der Waals surface area contributed by atoms with Crippen LogP contribution in [0.5, 0.6) is 5.88 Å². The minimum atomic E-state index is 0.173. The fraction of sp³-hybridized carbons (Fsp3) is 0.571. The van der Waals surface area contributed by atoms with Crippen molar-refractivity contribution in [2.24, 2.45) is 7.05 Å². The van der Waals surface area contributed by atoms with Crippen molar-refractivity contribution in [2.45, 2.75) is 52.4 Å². The van der Waals surface area contributed by atoms with Crippen molar-refractivity contribution in [2.75, 3.05) is 20.2 Å². The average molecular weight is 412 g/mol. The number of rotatable bonds is 5. The fourth-order valence-corrected chi connectivity index (χ4v) is 4.35. The second-order valence-electron chi connectivity index (χ2n) is 7.97. The van der Waals surface area contributed by atoms with Crippen molar-refractivity contribution < 1.29 is 14.1 Å². The molecule has 160 valence electrons. The van der Waals surface area contributed by atoms with E-state index in [1.54, 1.807) is 11.8 Å². The number of aryl methyl sites for hydroxylation is 4. The number of carbonyl (C=O) groups is 1. The van der Waals surface area contributed by atoms with E-state index < -0.39 is 0 Å². The molecule has 0 N–H and O–H groups in total. The molecule has 1 amide bonds. The van der Waals surface area contributed by atoms with Gasteiger partial charge >= 0.3 is 0 Å². The molecule has 1 saturated heterocycles. The molecule has 0 saturated carbocycles. The highest BCUT2D eigenvalue weighted by Gasteiger charge is 2.27. The number of methoxy groups -OCH3 is 1. The van der Waals surface area contributed by atoms with Gasteiger partial charge in [-0.1, -0.05) is 5.16 Å². The van der Waals surface area contributed by atoms with E-state index in [0.717, 1.165) is 53.8 Å². The van der Waals surface area contributed by atoms with Crippen LogP contribution in [0.1, 0.15) is 53.7 Å². The lowest BCUT2D eigenvalue weighted by Crippen LogP contribution is -2.38. The van der Waals surface area contributed by atoms with Gasteiger partial charge in [-0.25, -0.2) is 9.67 Å². The zero-order valence-electron chi connectivity index (χ0n) is 18.2. The Hall–Kier alpha value is -2.97. The molecule has 0 spiro atoms. The molecule has 3 aromatic heterocycles. The van der Waals surface area contributed by atoms with Gasteiger partial charge in [0.05, 0.1) is 12.5 Å². The van der Waals surface area contributed by atoms with Gasteiger partial charge in [0, 0.05) is 38.2 Å². The molecule has 0 aromatic carbocycles. The first kappa shape index (κ1) is 20.3. The normalized spacial score (nSPS) is 15.2. The molecule has 30 heavy (non-hydrogen) atoms. The van der Waals surface area contributed by atoms with Gasteiger partial charge in [-0.15, -0.1) is 5.10 Å². The Morgan fingerprint density at radius 1 is 1.20 bits per heavy atom. The topological polar surface area (TPSA) is 99.2 Å². The summed E-state index contributed by atoms with van der Waals surface area (Å²) in [6, 6.07) is 0. The number of amides is 1. The molecule has 0 unspecified atom stereocenters. The van der Waals surface area contributed by atoms with Gasteiger partial charge in [0.1, 0.15) is 0 Å². The van der Waals surface area contributed by atoms with Crippen LogP contribution in [0.3, 0.4) is 0 Å². The van der Waals surface area contributed by atoms with E-state index in [1.807, 2.05) is 25.8 Å². The molecule has 4 rings (SSSR count). The van der Waals surface area contributed by atoms with Crippen molar-refractivity contribution in [1.29, 1.82) is 0 Å². The lowest BCUT2D eigenvalue weighted by molar-refractivity contribution is -0.132. The first-order valence-electron chi connectivity index (χ1n) is 10.3. The zero-order valence-corrected chi connectivity index (χ0v) is 18.2. The van der Waals surface area contributed by atoms with E-state index >= 15 is 0 Å². The first-order chi connectivity index (χ1) is 14.4. The molecular formula is C21H28N6O3. The van der Waals surface area contributed by atoms with Crippen LogP contribution in [0.25, 0.3) is 11.0 Å². The minimum Gasteiger partial charge on any atom is -0.479 e. The highest BCUT2D eigenvalue weighted by atomic mass is 16.5. The largest absolute Gasteiger partial charge is 0.479 e. The summed E-state index contributed by atoms with van der Waals surface area (Å²) in [6.45, 7) is 7.30. The van der Waals surface area contributed by atoms with Gasteiger partial charge in [-0.05, 0) is 51.2 Å². The summed E-state index contributed by atoms with van der Waals surface area (Å²) in [5.74, 6) is 2.33. The smallest absolute Gasteiger partial charge is 0.242 e. The summed E-state index contributed by atoms with van der Waals surface area (Å²) >= 11 is 0. The van der Waals surface area contributed by atoms with Gasteiger partial charge < -0.3 is 14.2 Å². The standard InChI is InChI=1S/C21H28N6O3/c1-12-16(13(2)22-19-18(12)21(29-5)24-26(19)4)6-7-17(28)27-10-8-15(9-11-27)20-23-14(3)25-30-20/h15H,6-11H2,1-5H3. The van der Waals surface area contributed by atoms with Crippen LogP contribution in [0.4, 0.5) is 0 Å². The number of hydrogen-bond donors (Lipinski definition) is 0. The molecule has 9 nitrogen and oxygen atoms in total. The van der Waals surface area contributed by atoms with E-state index in [9.17, 15) is 4.79 Å². The molecule has 9 heteroatoms. The summed E-state index contributed by atoms with van der Waals surface area (Å²) in [5.41, 5.74) is 3.92. The summed E-state index contributed by atoms with van der Waals surface area (Å²) in [4.78, 5) is 23.8. The van der Waals surface area contributed by atoms with E-state index in [-0.39, 0.29) is 11.8 Å². The number of aromatic nitrogens is 5. The van der Waals surface area contributed by atoms with E-state index in [2.05, 4.69) is 22.2 Å². The second kappa shape index (κ2) is 8.04. The maximum absolute atomic E-state index is 12.8. The van der Waals surface area contributed by atoms with Gasteiger partial charge in [-0.3, -0.25) is 4.79 Å². The van der Waals surface area contributed by atoms with Crippen LogP contribution in [0.15, 0.2) is 4.52 Å². The molecule has 0 atom stereocenters. The number of fused-ring (bicyclic) bond motifs is 1. The monoisotopic (exact) mass is 412 g/mol. The fourth-order valence-electron chi connectivity index (χ4n) is 4.35. The Morgan fingerprint density at radius 3 is 2.57 bits per heavy atom. The predicted molar refractivity (Wildman–Crippen MR) is 110 cm³/mol. The Labute approximate surface area is 175 Å². The maximum Gasteiger partial charge on any atom is 0.242 e. The minimum absolute atomic E-state index is 0.173. The molecular weight excluding hydrogens is 384 g/mol. The molecule has 0 bridgehead atoms. The van der Waals surface area contributed by atoms with Crippen LogP contribution >= 0.6 is 0 Å². The number of hydrogen-bond acceptors (Lipinski definition) is 7. The SMILES string of the molecule is COc1nn(C)c2nc(C)c(CCC(=O)N3CCC(c4nc(C)no4)CC3)c(C)c12. The Balaban J connectivity index is 1.42. The third kappa shape index (κ3) is 3.64. The van der Waals surface area contributed by atoms with Gasteiger partial charge in [0.25, 0.3) is 0 Å². The second-order valence-corrected chi connectivity index (χ2v) is 7.97. The number of ether oxygens (including phenoxy) is 1. The van der Waals surface area contributed by atoms with Crippen LogP contribution in [0.2, 0.25) is 0 Å². The summed E-state index contributed by atoms with van der Waals surface area (Å²) in [7, 11) is 3.47. The van der Waals surface area contributed by atoms with E-state index in [4.69, 9.17) is 14.2 Å². The molecule has 1 aliphatic rings. The highest BCUT2D eigenvalue weighted by Crippen LogP contribution is 2.31. The van der Waals surface area contributed by atoms with Crippen molar-refractivity contribution in [3.05, 3.63) is 28.5 Å². The van der Waals surface area contributed by atoms with Crippen molar-refractivity contribution >= 4 is 16.9 Å². The highest BCUT2D eigenvalue weighted by molar-refractivity contribution is 5.86. The van der Waals surface area contributed by atoms with E-state index in [0.29, 0.717) is 30.4 Å². The molecule has 0 radical (unpaired) electrons. The van der Waals surface area contributed by atoms with Crippen molar-refractivity contribution in [3.8, 4) is 5.88 Å². The van der Waals surface area contributed by atoms with Crippen LogP contribution in [0, 0.1) is 20.8 Å². The third-order valence-electron chi connectivity index (χ3n) is 6.05. The quantitative estimate of drug-likeness (QED) is 0.635. The number of likely N-dealkylation sites (tertiary alicyclic amines) is 1. The predicted octanol–water partition coefficient (Wildman–Crippen LogP) is 2.62. The van der Waals surface area contributed by atoms with Crippen LogP contribution in [-0.4, -0.2) is 55.9 Å². The Kier molecular flexibility index (Phi) is 5.44. The maximum atomic E-state index is 12.8. The molecule has 0 aliphatic carbocycles. The number of piperidine rings is 1. The van der Waals surface area contributed by atoms with Gasteiger partial charge in [0.15, 0.2) is 11.5 Å². The molecule has 4 heterocycles. The number of carbonyl (C=O) groups excluding carboxylic acids is 1. The average Bonchev–Trinajstić information content (AvgIpc) is 3.31. The lowest BCUT2D eigenvalue weighted by Gasteiger charge is -2.30. The number of nitrogens with zero attached hydrogens (tertiary/aromatic N) is 6. The van der Waals surface area contributed by atoms with Gasteiger partial charge in [0.2, 0.25) is 17.7 Å². The summed E-state index contributed by atoms with van der Waals surface area (Å²) in [5, 5.41) is 9.19. The third-order valence-corrected chi connectivity index (χ3v) is 6.05.